The van der Waals surface area contributed by atoms with Crippen molar-refractivity contribution >= 4 is 23.6 Å². The minimum atomic E-state index is -0.465. The molecular formula is C18H22N4O4. The zero-order valence-electron chi connectivity index (χ0n) is 15.0. The standard InChI is InChI=1S/C18H22N4O4/c1-4-26-18(25)15-11(2)16(21-12(15)3)17(24)20-10-8-14(23)22-13-7-5-6-9-19-13/h5-7,9,21H,4,8,10H2,1-3H3,(H,20,24)(H,19,22,23). The highest BCUT2D eigenvalue weighted by Gasteiger charge is 2.22. The van der Waals surface area contributed by atoms with Crippen LogP contribution in [-0.4, -0.2) is 40.9 Å². The molecule has 0 saturated heterocycles. The van der Waals surface area contributed by atoms with Crippen molar-refractivity contribution in [2.75, 3.05) is 18.5 Å². The minimum Gasteiger partial charge on any atom is -0.462 e. The first-order valence-electron chi connectivity index (χ1n) is 8.29. The second kappa shape index (κ2) is 8.80. The number of aryl methyl sites for hydroxylation is 1. The van der Waals surface area contributed by atoms with E-state index in [1.54, 1.807) is 45.2 Å². The molecule has 0 aliphatic heterocycles. The van der Waals surface area contributed by atoms with Gasteiger partial charge in [-0.2, -0.15) is 0 Å². The molecule has 0 saturated carbocycles. The topological polar surface area (TPSA) is 113 Å². The molecule has 2 aromatic heterocycles. The van der Waals surface area contributed by atoms with Crippen LogP contribution in [-0.2, 0) is 9.53 Å². The van der Waals surface area contributed by atoms with Gasteiger partial charge in [0.1, 0.15) is 11.5 Å². The molecule has 0 aliphatic carbocycles. The number of nitrogens with one attached hydrogen (secondary N) is 3. The third-order valence-electron chi connectivity index (χ3n) is 3.71. The highest BCUT2D eigenvalue weighted by molar-refractivity contribution is 6.00. The van der Waals surface area contributed by atoms with Crippen LogP contribution in [0.1, 0.15) is 45.4 Å². The summed E-state index contributed by atoms with van der Waals surface area (Å²) in [6.45, 7) is 5.52. The van der Waals surface area contributed by atoms with Gasteiger partial charge in [0.25, 0.3) is 5.91 Å². The van der Waals surface area contributed by atoms with Crippen LogP contribution in [0.25, 0.3) is 0 Å². The van der Waals surface area contributed by atoms with E-state index in [0.717, 1.165) is 0 Å². The molecule has 2 heterocycles. The SMILES string of the molecule is CCOC(=O)c1c(C)[nH]c(C(=O)NCCC(=O)Nc2ccccn2)c1C. The highest BCUT2D eigenvalue weighted by atomic mass is 16.5. The smallest absolute Gasteiger partial charge is 0.340 e. The fourth-order valence-electron chi connectivity index (χ4n) is 2.51. The molecule has 2 amide bonds. The van der Waals surface area contributed by atoms with Crippen LogP contribution < -0.4 is 10.6 Å². The lowest BCUT2D eigenvalue weighted by Crippen LogP contribution is -2.28. The molecule has 0 unspecified atom stereocenters. The predicted molar refractivity (Wildman–Crippen MR) is 96.0 cm³/mol. The van der Waals surface area contributed by atoms with Crippen molar-refractivity contribution in [3.8, 4) is 0 Å². The molecule has 0 spiro atoms. The lowest BCUT2D eigenvalue weighted by Gasteiger charge is -2.06. The van der Waals surface area contributed by atoms with Crippen LogP contribution in [0.4, 0.5) is 5.82 Å². The van der Waals surface area contributed by atoms with Gasteiger partial charge >= 0.3 is 5.97 Å². The maximum atomic E-state index is 12.3. The van der Waals surface area contributed by atoms with Gasteiger partial charge < -0.3 is 20.4 Å². The van der Waals surface area contributed by atoms with E-state index in [4.69, 9.17) is 4.74 Å². The van der Waals surface area contributed by atoms with Gasteiger partial charge in [-0.05, 0) is 38.5 Å². The lowest BCUT2D eigenvalue weighted by molar-refractivity contribution is -0.116. The van der Waals surface area contributed by atoms with Gasteiger partial charge in [-0.15, -0.1) is 0 Å². The number of anilines is 1. The molecule has 2 aromatic rings. The fourth-order valence-corrected chi connectivity index (χ4v) is 2.51. The molecule has 26 heavy (non-hydrogen) atoms. The monoisotopic (exact) mass is 358 g/mol. The quantitative estimate of drug-likeness (QED) is 0.655. The zero-order valence-corrected chi connectivity index (χ0v) is 15.0. The largest absolute Gasteiger partial charge is 0.462 e. The number of esters is 1. The Bertz CT molecular complexity index is 799. The number of rotatable bonds is 7. The maximum absolute atomic E-state index is 12.3. The van der Waals surface area contributed by atoms with Crippen LogP contribution in [0.2, 0.25) is 0 Å². The number of ether oxygens (including phenoxy) is 1. The van der Waals surface area contributed by atoms with Crippen LogP contribution in [0.5, 0.6) is 0 Å². The molecule has 0 aromatic carbocycles. The third kappa shape index (κ3) is 4.69. The van der Waals surface area contributed by atoms with Crippen molar-refractivity contribution in [1.29, 1.82) is 0 Å². The van der Waals surface area contributed by atoms with Crippen molar-refractivity contribution in [2.24, 2.45) is 0 Å². The number of aromatic amines is 1. The van der Waals surface area contributed by atoms with Gasteiger partial charge in [-0.25, -0.2) is 9.78 Å². The number of carbonyl (C=O) groups excluding carboxylic acids is 3. The second-order valence-electron chi connectivity index (χ2n) is 5.61. The van der Waals surface area contributed by atoms with Gasteiger partial charge in [0.05, 0.1) is 12.2 Å². The van der Waals surface area contributed by atoms with Gasteiger partial charge in [-0.1, -0.05) is 6.07 Å². The molecule has 3 N–H and O–H groups in total. The number of aromatic nitrogens is 2. The summed E-state index contributed by atoms with van der Waals surface area (Å²) in [6, 6.07) is 5.20. The summed E-state index contributed by atoms with van der Waals surface area (Å²) in [4.78, 5) is 43.0. The summed E-state index contributed by atoms with van der Waals surface area (Å²) in [5, 5.41) is 5.30. The Labute approximate surface area is 151 Å². The fraction of sp³-hybridized carbons (Fsp3) is 0.333. The van der Waals surface area contributed by atoms with Crippen LogP contribution in [0, 0.1) is 13.8 Å². The number of pyridine rings is 1. The molecule has 0 bridgehead atoms. The zero-order chi connectivity index (χ0) is 19.1. The van der Waals surface area contributed by atoms with Gasteiger partial charge in [0, 0.05) is 24.9 Å². The van der Waals surface area contributed by atoms with E-state index in [2.05, 4.69) is 20.6 Å². The Morgan fingerprint density at radius 3 is 2.65 bits per heavy atom. The average Bonchev–Trinajstić information content (AvgIpc) is 2.90. The number of hydrogen-bond donors (Lipinski definition) is 3. The van der Waals surface area contributed by atoms with E-state index in [9.17, 15) is 14.4 Å². The lowest BCUT2D eigenvalue weighted by atomic mass is 10.1. The number of carbonyl (C=O) groups is 3. The first kappa shape index (κ1) is 19.2. The molecule has 2 rings (SSSR count). The summed E-state index contributed by atoms with van der Waals surface area (Å²) in [7, 11) is 0. The minimum absolute atomic E-state index is 0.103. The molecular weight excluding hydrogens is 336 g/mol. The van der Waals surface area contributed by atoms with Crippen molar-refractivity contribution in [3.63, 3.8) is 0 Å². The molecule has 0 fully saturated rings. The van der Waals surface area contributed by atoms with Gasteiger partial charge in [0.15, 0.2) is 0 Å². The van der Waals surface area contributed by atoms with Crippen LogP contribution in [0.3, 0.4) is 0 Å². The maximum Gasteiger partial charge on any atom is 0.340 e. The Hall–Kier alpha value is -3.16. The molecule has 8 nitrogen and oxygen atoms in total. The Kier molecular flexibility index (Phi) is 6.48. The molecule has 0 aliphatic rings. The number of nitrogens with zero attached hydrogens (tertiary/aromatic N) is 1. The van der Waals surface area contributed by atoms with Crippen molar-refractivity contribution in [2.45, 2.75) is 27.2 Å². The first-order chi connectivity index (χ1) is 12.4. The summed E-state index contributed by atoms with van der Waals surface area (Å²) >= 11 is 0. The predicted octanol–water partition coefficient (Wildman–Crippen LogP) is 1.96. The molecule has 138 valence electrons. The van der Waals surface area contributed by atoms with E-state index in [1.807, 2.05) is 0 Å². The average molecular weight is 358 g/mol. The van der Waals surface area contributed by atoms with E-state index >= 15 is 0 Å². The van der Waals surface area contributed by atoms with Crippen molar-refractivity contribution < 1.29 is 19.1 Å². The molecule has 0 atom stereocenters. The van der Waals surface area contributed by atoms with E-state index in [-0.39, 0.29) is 37.1 Å². The summed E-state index contributed by atoms with van der Waals surface area (Å²) in [6.07, 6.45) is 1.68. The van der Waals surface area contributed by atoms with E-state index < -0.39 is 5.97 Å². The number of H-pyrrole nitrogens is 1. The third-order valence-corrected chi connectivity index (χ3v) is 3.71. The Morgan fingerprint density at radius 2 is 2.00 bits per heavy atom. The summed E-state index contributed by atoms with van der Waals surface area (Å²) < 4.78 is 5.00. The number of amides is 2. The van der Waals surface area contributed by atoms with E-state index in [0.29, 0.717) is 22.6 Å². The Balaban J connectivity index is 1.91. The summed E-state index contributed by atoms with van der Waals surface area (Å²) in [5.41, 5.74) is 1.75. The Morgan fingerprint density at radius 1 is 1.23 bits per heavy atom. The highest BCUT2D eigenvalue weighted by Crippen LogP contribution is 2.19. The van der Waals surface area contributed by atoms with Crippen molar-refractivity contribution in [3.05, 3.63) is 46.9 Å². The van der Waals surface area contributed by atoms with Crippen molar-refractivity contribution in [1.82, 2.24) is 15.3 Å². The second-order valence-corrected chi connectivity index (χ2v) is 5.61. The summed E-state index contributed by atoms with van der Waals surface area (Å²) in [5.74, 6) is -0.645. The first-order valence-corrected chi connectivity index (χ1v) is 8.29. The number of hydrogen-bond acceptors (Lipinski definition) is 5. The normalized spacial score (nSPS) is 10.3. The van der Waals surface area contributed by atoms with Crippen LogP contribution in [0.15, 0.2) is 24.4 Å². The van der Waals surface area contributed by atoms with Gasteiger partial charge in [-0.3, -0.25) is 9.59 Å². The van der Waals surface area contributed by atoms with Gasteiger partial charge in [0.2, 0.25) is 5.91 Å². The van der Waals surface area contributed by atoms with E-state index in [1.165, 1.54) is 0 Å². The molecule has 0 radical (unpaired) electrons. The molecule has 8 heteroatoms. The van der Waals surface area contributed by atoms with Crippen LogP contribution >= 0.6 is 0 Å².